The van der Waals surface area contributed by atoms with Crippen LogP contribution in [0, 0.1) is 5.82 Å². The number of aliphatic hydroxyl groups excluding tert-OH is 1. The van der Waals surface area contributed by atoms with Gasteiger partial charge in [0.2, 0.25) is 5.91 Å². The van der Waals surface area contributed by atoms with Crippen LogP contribution in [0.4, 0.5) is 4.39 Å². The summed E-state index contributed by atoms with van der Waals surface area (Å²) in [5, 5.41) is 14.3. The van der Waals surface area contributed by atoms with Crippen molar-refractivity contribution in [1.82, 2.24) is 14.8 Å². The number of hydrogen-bond donors (Lipinski definition) is 3. The lowest BCUT2D eigenvalue weighted by Gasteiger charge is -2.40. The largest absolute Gasteiger partial charge is 0.396 e. The van der Waals surface area contributed by atoms with Gasteiger partial charge in [0.15, 0.2) is 0 Å². The lowest BCUT2D eigenvalue weighted by molar-refractivity contribution is -0.126. The van der Waals surface area contributed by atoms with E-state index in [-0.39, 0.29) is 38.0 Å². The van der Waals surface area contributed by atoms with Gasteiger partial charge in [0, 0.05) is 53.2 Å². The summed E-state index contributed by atoms with van der Waals surface area (Å²) >= 11 is 19.1. The Bertz CT molecular complexity index is 1680. The minimum Gasteiger partial charge on any atom is -0.396 e. The number of likely N-dealkylation sites (tertiary alicyclic amines) is 1. The normalized spacial score (nSPS) is 14.5. The van der Waals surface area contributed by atoms with Gasteiger partial charge in [-0.05, 0) is 98.3 Å². The fourth-order valence-electron chi connectivity index (χ4n) is 5.86. The third-order valence-electron chi connectivity index (χ3n) is 8.34. The van der Waals surface area contributed by atoms with Crippen LogP contribution in [0.15, 0.2) is 72.8 Å². The first-order chi connectivity index (χ1) is 21.6. The molecule has 5 rings (SSSR count). The fourth-order valence-corrected chi connectivity index (χ4v) is 6.49. The second-order valence-electron chi connectivity index (χ2n) is 11.2. The summed E-state index contributed by atoms with van der Waals surface area (Å²) in [6, 6.07) is 20.6. The Kier molecular flexibility index (Phi) is 10.5. The molecule has 236 valence electrons. The van der Waals surface area contributed by atoms with E-state index >= 15 is 0 Å². The molecule has 0 spiro atoms. The number of aromatic nitrogens is 1. The van der Waals surface area contributed by atoms with Crippen molar-refractivity contribution in [3.8, 4) is 16.9 Å². The van der Waals surface area contributed by atoms with Crippen molar-refractivity contribution in [2.24, 2.45) is 5.73 Å². The van der Waals surface area contributed by atoms with E-state index in [1.165, 1.54) is 12.1 Å². The molecule has 7 nitrogen and oxygen atoms in total. The van der Waals surface area contributed by atoms with Crippen LogP contribution in [0.1, 0.15) is 47.3 Å². The van der Waals surface area contributed by atoms with Crippen LogP contribution in [-0.2, 0) is 17.8 Å². The molecule has 4 aromatic rings. The van der Waals surface area contributed by atoms with Gasteiger partial charge in [-0.2, -0.15) is 0 Å². The molecule has 0 unspecified atom stereocenters. The van der Waals surface area contributed by atoms with Crippen LogP contribution in [-0.4, -0.2) is 51.6 Å². The van der Waals surface area contributed by atoms with Crippen LogP contribution in [0.2, 0.25) is 15.1 Å². The molecule has 0 aliphatic carbocycles. The first-order valence-electron chi connectivity index (χ1n) is 14.8. The molecule has 3 aromatic carbocycles. The highest BCUT2D eigenvalue weighted by Crippen LogP contribution is 2.37. The second kappa shape index (κ2) is 14.4. The van der Waals surface area contributed by atoms with Gasteiger partial charge in [0.25, 0.3) is 5.91 Å². The van der Waals surface area contributed by atoms with Gasteiger partial charge < -0.3 is 20.3 Å². The van der Waals surface area contributed by atoms with Gasteiger partial charge in [0.1, 0.15) is 11.4 Å². The molecule has 0 atom stereocenters. The van der Waals surface area contributed by atoms with Crippen molar-refractivity contribution in [2.75, 3.05) is 19.7 Å². The Balaban J connectivity index is 1.49. The maximum atomic E-state index is 14.3. The highest BCUT2D eigenvalue weighted by molar-refractivity contribution is 6.36. The van der Waals surface area contributed by atoms with Crippen molar-refractivity contribution >= 4 is 46.6 Å². The average Bonchev–Trinajstić information content (AvgIpc) is 3.39. The van der Waals surface area contributed by atoms with Crippen LogP contribution in [0.5, 0.6) is 0 Å². The van der Waals surface area contributed by atoms with Gasteiger partial charge in [0.05, 0.1) is 16.3 Å². The maximum Gasteiger partial charge on any atom is 0.255 e. The smallest absolute Gasteiger partial charge is 0.255 e. The van der Waals surface area contributed by atoms with E-state index < -0.39 is 11.4 Å². The Hall–Kier alpha value is -3.40. The van der Waals surface area contributed by atoms with Gasteiger partial charge in [-0.3, -0.25) is 14.9 Å². The zero-order valence-corrected chi connectivity index (χ0v) is 26.8. The number of unbranched alkanes of at least 4 members (excludes halogenated alkanes) is 1. The highest BCUT2D eigenvalue weighted by atomic mass is 35.5. The summed E-state index contributed by atoms with van der Waals surface area (Å²) in [6.45, 7) is 0.873. The van der Waals surface area contributed by atoms with Crippen molar-refractivity contribution < 1.29 is 19.1 Å². The summed E-state index contributed by atoms with van der Waals surface area (Å²) in [4.78, 5) is 28.7. The number of nitrogens with one attached hydrogen (secondary N) is 1. The first-order valence-corrected chi connectivity index (χ1v) is 15.9. The molecule has 1 saturated heterocycles. The average molecular weight is 672 g/mol. The topological polar surface area (TPSA) is 101 Å². The molecule has 1 aromatic heterocycles. The predicted octanol–water partition coefficient (Wildman–Crippen LogP) is 6.81. The molecule has 2 amide bonds. The number of piperidine rings is 1. The van der Waals surface area contributed by atoms with Gasteiger partial charge in [-0.25, -0.2) is 4.39 Å². The van der Waals surface area contributed by atoms with Crippen LogP contribution >= 0.6 is 34.8 Å². The molecule has 11 heteroatoms. The lowest BCUT2D eigenvalue weighted by Crippen LogP contribution is -2.61. The molecular formula is C34H34Cl3FN4O3. The minimum atomic E-state index is -1.04. The molecule has 0 radical (unpaired) electrons. The quantitative estimate of drug-likeness (QED) is 0.153. The van der Waals surface area contributed by atoms with E-state index in [0.717, 1.165) is 11.4 Å². The third-order valence-corrected chi connectivity index (χ3v) is 9.14. The molecule has 1 fully saturated rings. The van der Waals surface area contributed by atoms with Crippen molar-refractivity contribution in [3.05, 3.63) is 111 Å². The number of benzene rings is 3. The zero-order valence-electron chi connectivity index (χ0n) is 24.5. The van der Waals surface area contributed by atoms with Gasteiger partial charge in [-0.15, -0.1) is 0 Å². The Labute approximate surface area is 276 Å². The number of carbonyl (C=O) groups is 2. The van der Waals surface area contributed by atoms with E-state index in [2.05, 4.69) is 5.32 Å². The Morgan fingerprint density at radius 3 is 2.29 bits per heavy atom. The third kappa shape index (κ3) is 7.37. The fraction of sp³-hybridized carbons (Fsp3) is 0.294. The predicted molar refractivity (Wildman–Crippen MR) is 177 cm³/mol. The number of hydrogen-bond acceptors (Lipinski definition) is 4. The summed E-state index contributed by atoms with van der Waals surface area (Å²) in [6.07, 6.45) is 2.34. The van der Waals surface area contributed by atoms with E-state index in [1.54, 1.807) is 41.3 Å². The number of aliphatic hydroxyl groups is 1. The maximum absolute atomic E-state index is 14.3. The van der Waals surface area contributed by atoms with E-state index in [1.807, 2.05) is 28.8 Å². The molecule has 45 heavy (non-hydrogen) atoms. The van der Waals surface area contributed by atoms with Crippen molar-refractivity contribution in [2.45, 2.75) is 44.2 Å². The summed E-state index contributed by atoms with van der Waals surface area (Å²) < 4.78 is 15.7. The molecule has 0 bridgehead atoms. The first kappa shape index (κ1) is 33.0. The molecule has 4 N–H and O–H groups in total. The van der Waals surface area contributed by atoms with Crippen LogP contribution in [0.3, 0.4) is 0 Å². The van der Waals surface area contributed by atoms with E-state index in [4.69, 9.17) is 40.5 Å². The summed E-state index contributed by atoms with van der Waals surface area (Å²) in [5.74, 6) is -1.05. The number of halogens is 4. The van der Waals surface area contributed by atoms with Crippen LogP contribution < -0.4 is 11.1 Å². The number of amides is 2. The number of nitrogens with zero attached hydrogens (tertiary/aromatic N) is 2. The van der Waals surface area contributed by atoms with E-state index in [0.29, 0.717) is 69.6 Å². The monoisotopic (exact) mass is 670 g/mol. The zero-order chi connectivity index (χ0) is 32.1. The number of carbonyl (C=O) groups excluding carboxylic acids is 2. The van der Waals surface area contributed by atoms with Gasteiger partial charge >= 0.3 is 0 Å². The molecule has 2 heterocycles. The Morgan fingerprint density at radius 1 is 0.933 bits per heavy atom. The lowest BCUT2D eigenvalue weighted by atomic mass is 9.86. The Morgan fingerprint density at radius 2 is 1.64 bits per heavy atom. The van der Waals surface area contributed by atoms with E-state index in [9.17, 15) is 19.1 Å². The molecule has 1 aliphatic rings. The standard InChI is InChI=1S/C34H34Cl3FN4O3/c35-23-7-10-26(11-8-23)42-30(6-1-2-17-43)28(20-31(42)27-12-9-24(36)19-29(27)37)32(44)41-15-13-34(14-16-41,33(39)45)40-21-22-4-3-5-25(38)18-22/h3-5,7-12,18-20,40,43H,1-2,6,13-17,21H2,(H2,39,45). The summed E-state index contributed by atoms with van der Waals surface area (Å²) in [7, 11) is 0. The van der Waals surface area contributed by atoms with Crippen LogP contribution in [0.25, 0.3) is 16.9 Å². The van der Waals surface area contributed by atoms with Crippen molar-refractivity contribution in [1.29, 1.82) is 0 Å². The molecule has 0 saturated carbocycles. The highest BCUT2D eigenvalue weighted by Gasteiger charge is 2.41. The number of rotatable bonds is 11. The molecule has 1 aliphatic heterocycles. The van der Waals surface area contributed by atoms with Crippen molar-refractivity contribution in [3.63, 3.8) is 0 Å². The minimum absolute atomic E-state index is 0.0325. The summed E-state index contributed by atoms with van der Waals surface area (Å²) in [5.41, 5.74) is 9.01. The number of primary amides is 1. The number of nitrogens with two attached hydrogens (primary N) is 1. The second-order valence-corrected chi connectivity index (χ2v) is 12.5. The SMILES string of the molecule is NC(=O)C1(NCc2cccc(F)c2)CCN(C(=O)c2cc(-c3ccc(Cl)cc3Cl)n(-c3ccc(Cl)cc3)c2CCCCO)CC1. The van der Waals surface area contributed by atoms with Gasteiger partial charge in [-0.1, -0.05) is 46.9 Å². The molecular weight excluding hydrogens is 638 g/mol.